The Labute approximate surface area is 82.4 Å². The van der Waals surface area contributed by atoms with Crippen molar-refractivity contribution < 1.29 is 9.84 Å². The maximum absolute atomic E-state index is 9.61. The first-order chi connectivity index (χ1) is 6.09. The molecule has 1 unspecified atom stereocenters. The second-order valence-corrected chi connectivity index (χ2v) is 4.11. The molecular weight excluding hydrogens is 186 g/mol. The zero-order valence-corrected chi connectivity index (χ0v) is 8.97. The molecule has 4 heteroatoms. The number of aryl methyl sites for hydroxylation is 1. The molecule has 1 atom stereocenters. The van der Waals surface area contributed by atoms with Crippen molar-refractivity contribution in [3.8, 4) is 0 Å². The van der Waals surface area contributed by atoms with E-state index in [9.17, 15) is 5.11 Å². The van der Waals surface area contributed by atoms with E-state index in [2.05, 4.69) is 4.98 Å². The van der Waals surface area contributed by atoms with Crippen LogP contribution in [-0.4, -0.2) is 22.8 Å². The minimum absolute atomic E-state index is 0.149. The fourth-order valence-electron chi connectivity index (χ4n) is 0.880. The van der Waals surface area contributed by atoms with Crippen LogP contribution in [-0.2, 0) is 4.74 Å². The van der Waals surface area contributed by atoms with Crippen LogP contribution < -0.4 is 0 Å². The molecule has 3 nitrogen and oxygen atoms in total. The van der Waals surface area contributed by atoms with Gasteiger partial charge in [-0.05, 0) is 20.8 Å². The summed E-state index contributed by atoms with van der Waals surface area (Å²) in [4.78, 5) is 4.18. The summed E-state index contributed by atoms with van der Waals surface area (Å²) in [5.41, 5.74) is 0.948. The van der Waals surface area contributed by atoms with Crippen LogP contribution in [0.5, 0.6) is 0 Å². The Morgan fingerprint density at radius 3 is 2.77 bits per heavy atom. The molecule has 1 heterocycles. The molecule has 0 aliphatic heterocycles. The third-order valence-electron chi connectivity index (χ3n) is 1.51. The molecular formula is C9H15NO2S. The van der Waals surface area contributed by atoms with E-state index in [1.165, 1.54) is 11.3 Å². The second kappa shape index (κ2) is 4.69. The van der Waals surface area contributed by atoms with Gasteiger partial charge in [0.1, 0.15) is 11.1 Å². The van der Waals surface area contributed by atoms with Crippen LogP contribution in [0.4, 0.5) is 0 Å². The first kappa shape index (κ1) is 10.6. The van der Waals surface area contributed by atoms with Crippen molar-refractivity contribution in [3.05, 3.63) is 16.1 Å². The number of ether oxygens (including phenoxy) is 1. The number of aliphatic hydroxyl groups excluding tert-OH is 1. The Kier molecular flexibility index (Phi) is 3.84. The molecule has 0 aliphatic rings. The van der Waals surface area contributed by atoms with Crippen LogP contribution in [0.3, 0.4) is 0 Å². The van der Waals surface area contributed by atoms with E-state index in [1.807, 2.05) is 26.2 Å². The van der Waals surface area contributed by atoms with E-state index in [1.54, 1.807) is 0 Å². The van der Waals surface area contributed by atoms with E-state index < -0.39 is 6.10 Å². The quantitative estimate of drug-likeness (QED) is 0.809. The molecule has 0 fully saturated rings. The van der Waals surface area contributed by atoms with Gasteiger partial charge in [-0.3, -0.25) is 0 Å². The van der Waals surface area contributed by atoms with Gasteiger partial charge in [-0.1, -0.05) is 0 Å². The molecule has 0 saturated heterocycles. The fraction of sp³-hybridized carbons (Fsp3) is 0.667. The Hall–Kier alpha value is -0.450. The zero-order valence-electron chi connectivity index (χ0n) is 8.15. The maximum atomic E-state index is 9.61. The van der Waals surface area contributed by atoms with Crippen molar-refractivity contribution in [2.75, 3.05) is 6.61 Å². The Bertz CT molecular complexity index is 260. The summed E-state index contributed by atoms with van der Waals surface area (Å²) >= 11 is 1.47. The number of aromatic nitrogens is 1. The van der Waals surface area contributed by atoms with Crippen LogP contribution >= 0.6 is 11.3 Å². The number of hydrogen-bond donors (Lipinski definition) is 1. The van der Waals surface area contributed by atoms with E-state index in [-0.39, 0.29) is 6.10 Å². The molecule has 1 aromatic heterocycles. The number of hydrogen-bond acceptors (Lipinski definition) is 4. The Morgan fingerprint density at radius 2 is 2.31 bits per heavy atom. The molecule has 0 aliphatic carbocycles. The molecule has 0 radical (unpaired) electrons. The van der Waals surface area contributed by atoms with Crippen molar-refractivity contribution in [3.63, 3.8) is 0 Å². The highest BCUT2D eigenvalue weighted by Gasteiger charge is 2.11. The first-order valence-corrected chi connectivity index (χ1v) is 5.19. The second-order valence-electron chi connectivity index (χ2n) is 3.23. The lowest BCUT2D eigenvalue weighted by Gasteiger charge is -2.10. The molecule has 13 heavy (non-hydrogen) atoms. The summed E-state index contributed by atoms with van der Waals surface area (Å²) in [5.74, 6) is 0. The molecule has 0 saturated carbocycles. The molecule has 0 amide bonds. The summed E-state index contributed by atoms with van der Waals surface area (Å²) < 4.78 is 5.28. The third-order valence-corrected chi connectivity index (χ3v) is 2.57. The third kappa shape index (κ3) is 3.42. The standard InChI is InChI=1S/C9H15NO2S/c1-6(2)12-4-8(11)9-10-7(3)5-13-9/h5-6,8,11H,4H2,1-3H3. The number of nitrogens with zero attached hydrogens (tertiary/aromatic N) is 1. The average Bonchev–Trinajstić information content (AvgIpc) is 2.47. The van der Waals surface area contributed by atoms with Gasteiger partial charge in [-0.25, -0.2) is 4.98 Å². The normalized spacial score (nSPS) is 13.6. The summed E-state index contributed by atoms with van der Waals surface area (Å²) in [6, 6.07) is 0. The topological polar surface area (TPSA) is 42.4 Å². The minimum Gasteiger partial charge on any atom is -0.383 e. The highest BCUT2D eigenvalue weighted by molar-refractivity contribution is 7.09. The molecule has 1 aromatic rings. The van der Waals surface area contributed by atoms with Crippen LogP contribution in [0.1, 0.15) is 30.7 Å². The van der Waals surface area contributed by atoms with Crippen molar-refractivity contribution >= 4 is 11.3 Å². The lowest BCUT2D eigenvalue weighted by Crippen LogP contribution is -2.11. The predicted octanol–water partition coefficient (Wildman–Crippen LogP) is 1.91. The lowest BCUT2D eigenvalue weighted by molar-refractivity contribution is 0.00482. The molecule has 74 valence electrons. The van der Waals surface area contributed by atoms with Gasteiger partial charge in [-0.15, -0.1) is 11.3 Å². The zero-order chi connectivity index (χ0) is 9.84. The Morgan fingerprint density at radius 1 is 1.62 bits per heavy atom. The number of aliphatic hydroxyl groups is 1. The van der Waals surface area contributed by atoms with Gasteiger partial charge in [0.2, 0.25) is 0 Å². The molecule has 1 N–H and O–H groups in total. The van der Waals surface area contributed by atoms with Crippen molar-refractivity contribution in [1.29, 1.82) is 0 Å². The van der Waals surface area contributed by atoms with E-state index in [0.29, 0.717) is 6.61 Å². The molecule has 0 bridgehead atoms. The van der Waals surface area contributed by atoms with E-state index in [0.717, 1.165) is 10.7 Å². The van der Waals surface area contributed by atoms with Crippen molar-refractivity contribution in [2.45, 2.75) is 33.0 Å². The van der Waals surface area contributed by atoms with E-state index >= 15 is 0 Å². The number of rotatable bonds is 4. The number of thiazole rings is 1. The van der Waals surface area contributed by atoms with Gasteiger partial charge < -0.3 is 9.84 Å². The van der Waals surface area contributed by atoms with Gasteiger partial charge in [0.15, 0.2) is 0 Å². The van der Waals surface area contributed by atoms with Gasteiger partial charge in [0.25, 0.3) is 0 Å². The van der Waals surface area contributed by atoms with Crippen LogP contribution in [0.2, 0.25) is 0 Å². The minimum atomic E-state index is -0.582. The largest absolute Gasteiger partial charge is 0.383 e. The predicted molar refractivity (Wildman–Crippen MR) is 52.9 cm³/mol. The van der Waals surface area contributed by atoms with Crippen molar-refractivity contribution in [1.82, 2.24) is 4.98 Å². The smallest absolute Gasteiger partial charge is 0.129 e. The monoisotopic (exact) mass is 201 g/mol. The molecule has 1 rings (SSSR count). The van der Waals surface area contributed by atoms with Crippen LogP contribution in [0.25, 0.3) is 0 Å². The van der Waals surface area contributed by atoms with Gasteiger partial charge in [-0.2, -0.15) is 0 Å². The average molecular weight is 201 g/mol. The Balaban J connectivity index is 2.44. The van der Waals surface area contributed by atoms with Gasteiger partial charge in [0.05, 0.1) is 12.7 Å². The lowest BCUT2D eigenvalue weighted by atomic mass is 10.4. The van der Waals surface area contributed by atoms with Gasteiger partial charge in [0, 0.05) is 11.1 Å². The van der Waals surface area contributed by atoms with E-state index in [4.69, 9.17) is 4.74 Å². The highest BCUT2D eigenvalue weighted by atomic mass is 32.1. The van der Waals surface area contributed by atoms with Crippen molar-refractivity contribution in [2.24, 2.45) is 0 Å². The maximum Gasteiger partial charge on any atom is 0.129 e. The van der Waals surface area contributed by atoms with Crippen LogP contribution in [0, 0.1) is 6.92 Å². The SMILES string of the molecule is Cc1csc(C(O)COC(C)C)n1. The van der Waals surface area contributed by atoms with Gasteiger partial charge >= 0.3 is 0 Å². The van der Waals surface area contributed by atoms with Crippen LogP contribution in [0.15, 0.2) is 5.38 Å². The summed E-state index contributed by atoms with van der Waals surface area (Å²) in [5, 5.41) is 12.3. The highest BCUT2D eigenvalue weighted by Crippen LogP contribution is 2.18. The summed E-state index contributed by atoms with van der Waals surface area (Å²) in [6.07, 6.45) is -0.434. The fourth-order valence-corrected chi connectivity index (χ4v) is 1.65. The summed E-state index contributed by atoms with van der Waals surface area (Å²) in [7, 11) is 0. The first-order valence-electron chi connectivity index (χ1n) is 4.31. The summed E-state index contributed by atoms with van der Waals surface area (Å²) in [6.45, 7) is 6.13. The molecule has 0 spiro atoms. The molecule has 0 aromatic carbocycles.